The molecule has 1 aromatic heterocycles. The van der Waals surface area contributed by atoms with Crippen LogP contribution in [0.25, 0.3) is 0 Å². The van der Waals surface area contributed by atoms with Gasteiger partial charge < -0.3 is 15.0 Å². The zero-order valence-electron chi connectivity index (χ0n) is 16.9. The zero-order chi connectivity index (χ0) is 19.8. The second kappa shape index (κ2) is 10.3. The largest absolute Gasteiger partial charge is 0.383 e. The number of piperidine rings is 1. The van der Waals surface area contributed by atoms with Crippen molar-refractivity contribution in [3.05, 3.63) is 47.3 Å². The molecule has 1 aliphatic rings. The molecule has 0 unspecified atom stereocenters. The second-order valence-electron chi connectivity index (χ2n) is 7.32. The van der Waals surface area contributed by atoms with Crippen LogP contribution in [0.1, 0.15) is 47.1 Å². The van der Waals surface area contributed by atoms with Crippen LogP contribution in [-0.2, 0) is 11.2 Å². The van der Waals surface area contributed by atoms with E-state index in [9.17, 15) is 4.79 Å². The topological polar surface area (TPSA) is 72.3 Å². The third-order valence-corrected chi connectivity index (χ3v) is 5.37. The molecule has 7 nitrogen and oxygen atoms in total. The zero-order valence-corrected chi connectivity index (χ0v) is 16.9. The van der Waals surface area contributed by atoms with Gasteiger partial charge in [-0.2, -0.15) is 0 Å². The number of aromatic nitrogens is 3. The quantitative estimate of drug-likeness (QED) is 0.717. The summed E-state index contributed by atoms with van der Waals surface area (Å²) in [4.78, 5) is 15.0. The second-order valence-corrected chi connectivity index (χ2v) is 7.32. The van der Waals surface area contributed by atoms with Crippen molar-refractivity contribution in [3.8, 4) is 0 Å². The molecule has 1 fully saturated rings. The molecule has 0 bridgehead atoms. The van der Waals surface area contributed by atoms with Crippen LogP contribution in [0.5, 0.6) is 0 Å². The molecule has 2 aromatic rings. The van der Waals surface area contributed by atoms with E-state index in [0.29, 0.717) is 31.4 Å². The van der Waals surface area contributed by atoms with Crippen molar-refractivity contribution in [1.29, 1.82) is 0 Å². The average Bonchev–Trinajstić information content (AvgIpc) is 3.12. The van der Waals surface area contributed by atoms with Crippen molar-refractivity contribution in [3.63, 3.8) is 0 Å². The average molecular weight is 386 g/mol. The van der Waals surface area contributed by atoms with Crippen molar-refractivity contribution in [1.82, 2.24) is 25.2 Å². The summed E-state index contributed by atoms with van der Waals surface area (Å²) < 4.78 is 7.15. The third kappa shape index (κ3) is 5.17. The van der Waals surface area contributed by atoms with E-state index in [1.54, 1.807) is 7.11 Å². The van der Waals surface area contributed by atoms with Gasteiger partial charge in [0.1, 0.15) is 0 Å². The van der Waals surface area contributed by atoms with Crippen molar-refractivity contribution in [2.24, 2.45) is 0 Å². The Morgan fingerprint density at radius 2 is 2.00 bits per heavy atom. The molecule has 1 aliphatic heterocycles. The fraction of sp³-hybridized carbons (Fsp3) is 0.571. The number of carbonyl (C=O) groups is 1. The van der Waals surface area contributed by atoms with Gasteiger partial charge in [-0.05, 0) is 51.3 Å². The van der Waals surface area contributed by atoms with Crippen LogP contribution in [0, 0.1) is 6.92 Å². The first-order valence-corrected chi connectivity index (χ1v) is 10.2. The number of methoxy groups -OCH3 is 1. The first kappa shape index (κ1) is 20.5. The van der Waals surface area contributed by atoms with Crippen LogP contribution in [0.15, 0.2) is 30.3 Å². The van der Waals surface area contributed by atoms with Crippen molar-refractivity contribution < 1.29 is 9.53 Å². The highest BCUT2D eigenvalue weighted by atomic mass is 16.5. The van der Waals surface area contributed by atoms with Crippen LogP contribution in [0.2, 0.25) is 0 Å². The van der Waals surface area contributed by atoms with Gasteiger partial charge in [-0.3, -0.25) is 4.79 Å². The third-order valence-electron chi connectivity index (χ3n) is 5.37. The molecule has 0 saturated carbocycles. The molecule has 0 atom stereocenters. The molecular formula is C21H31N5O2. The van der Waals surface area contributed by atoms with Crippen molar-refractivity contribution in [2.75, 3.05) is 39.9 Å². The van der Waals surface area contributed by atoms with Crippen LogP contribution in [-0.4, -0.2) is 65.7 Å². The monoisotopic (exact) mass is 385 g/mol. The smallest absolute Gasteiger partial charge is 0.276 e. The molecule has 7 heteroatoms. The number of carbonyl (C=O) groups excluding carboxylic acids is 1. The maximum atomic E-state index is 13.2. The lowest BCUT2D eigenvalue weighted by atomic mass is 10.1. The Bertz CT molecular complexity index is 741. The van der Waals surface area contributed by atoms with Crippen molar-refractivity contribution >= 4 is 5.91 Å². The number of nitrogens with zero attached hydrogens (tertiary/aromatic N) is 4. The van der Waals surface area contributed by atoms with Gasteiger partial charge in [-0.15, -0.1) is 5.10 Å². The van der Waals surface area contributed by atoms with Crippen LogP contribution >= 0.6 is 0 Å². The lowest BCUT2D eigenvalue weighted by Crippen LogP contribution is -2.36. The normalized spacial score (nSPS) is 14.9. The molecule has 2 heterocycles. The Morgan fingerprint density at radius 1 is 1.25 bits per heavy atom. The number of amides is 1. The molecule has 3 rings (SSSR count). The van der Waals surface area contributed by atoms with Gasteiger partial charge in [0.15, 0.2) is 5.69 Å². The predicted octanol–water partition coefficient (Wildman–Crippen LogP) is 2.23. The van der Waals surface area contributed by atoms with E-state index in [2.05, 4.69) is 27.8 Å². The Morgan fingerprint density at radius 3 is 2.71 bits per heavy atom. The summed E-state index contributed by atoms with van der Waals surface area (Å²) in [5.41, 5.74) is 2.62. The summed E-state index contributed by atoms with van der Waals surface area (Å²) in [6, 6.07) is 10.7. The molecule has 1 saturated heterocycles. The maximum Gasteiger partial charge on any atom is 0.276 e. The van der Waals surface area contributed by atoms with Crippen molar-refractivity contribution in [2.45, 2.75) is 38.6 Å². The van der Waals surface area contributed by atoms with E-state index < -0.39 is 0 Å². The Kier molecular flexibility index (Phi) is 7.56. The first-order valence-electron chi connectivity index (χ1n) is 10.2. The molecule has 0 aliphatic carbocycles. The van der Waals surface area contributed by atoms with Gasteiger partial charge in [0.05, 0.1) is 18.3 Å². The van der Waals surface area contributed by atoms with E-state index in [1.807, 2.05) is 34.7 Å². The van der Waals surface area contributed by atoms with Gasteiger partial charge in [0.25, 0.3) is 5.91 Å². The van der Waals surface area contributed by atoms with E-state index in [4.69, 9.17) is 4.74 Å². The van der Waals surface area contributed by atoms with Gasteiger partial charge in [-0.25, -0.2) is 4.68 Å². The van der Waals surface area contributed by atoms with Crippen LogP contribution in [0.3, 0.4) is 0 Å². The number of hydrogen-bond acceptors (Lipinski definition) is 5. The fourth-order valence-corrected chi connectivity index (χ4v) is 3.72. The minimum Gasteiger partial charge on any atom is -0.383 e. The summed E-state index contributed by atoms with van der Waals surface area (Å²) in [6.45, 7) is 5.66. The first-order chi connectivity index (χ1) is 13.7. The molecule has 0 spiro atoms. The molecule has 1 N–H and O–H groups in total. The summed E-state index contributed by atoms with van der Waals surface area (Å²) in [7, 11) is 1.66. The van der Waals surface area contributed by atoms with E-state index in [0.717, 1.165) is 44.5 Å². The summed E-state index contributed by atoms with van der Waals surface area (Å²) in [6.07, 6.45) is 3.88. The molecule has 152 valence electrons. The maximum absolute atomic E-state index is 13.2. The number of rotatable bonds is 9. The molecule has 1 aromatic carbocycles. The Balaban J connectivity index is 1.65. The van der Waals surface area contributed by atoms with Gasteiger partial charge >= 0.3 is 0 Å². The fourth-order valence-electron chi connectivity index (χ4n) is 3.72. The number of hydrogen-bond donors (Lipinski definition) is 1. The van der Waals surface area contributed by atoms with Gasteiger partial charge in [0, 0.05) is 20.2 Å². The molecular weight excluding hydrogens is 354 g/mol. The van der Waals surface area contributed by atoms with Crippen LogP contribution < -0.4 is 5.32 Å². The minimum absolute atomic E-state index is 0.0530. The lowest BCUT2D eigenvalue weighted by Gasteiger charge is -2.24. The molecule has 0 radical (unpaired) electrons. The van der Waals surface area contributed by atoms with Gasteiger partial charge in [0.2, 0.25) is 0 Å². The standard InChI is InChI=1S/C21H31N5O2/c1-17-20(23-24-26(17)19-10-12-22-13-11-19)21(27)25(15-16-28-2)14-6-9-18-7-4-3-5-8-18/h3-5,7-8,19,22H,6,9-16H2,1-2H3. The summed E-state index contributed by atoms with van der Waals surface area (Å²) in [5, 5.41) is 11.9. The highest BCUT2D eigenvalue weighted by Crippen LogP contribution is 2.21. The highest BCUT2D eigenvalue weighted by molar-refractivity contribution is 5.93. The Labute approximate surface area is 167 Å². The highest BCUT2D eigenvalue weighted by Gasteiger charge is 2.25. The van der Waals surface area contributed by atoms with E-state index in [1.165, 1.54) is 5.56 Å². The number of benzene rings is 1. The SMILES string of the molecule is COCCN(CCCc1ccccc1)C(=O)c1nnn(C2CCNCC2)c1C. The predicted molar refractivity (Wildman–Crippen MR) is 108 cm³/mol. The van der Waals surface area contributed by atoms with E-state index in [-0.39, 0.29) is 5.91 Å². The molecule has 28 heavy (non-hydrogen) atoms. The van der Waals surface area contributed by atoms with Gasteiger partial charge in [-0.1, -0.05) is 35.5 Å². The number of ether oxygens (including phenoxy) is 1. The summed E-state index contributed by atoms with van der Waals surface area (Å²) >= 11 is 0. The Hall–Kier alpha value is -2.25. The lowest BCUT2D eigenvalue weighted by molar-refractivity contribution is 0.0686. The summed E-state index contributed by atoms with van der Waals surface area (Å²) in [5.74, 6) is -0.0530. The minimum atomic E-state index is -0.0530. The number of aryl methyl sites for hydroxylation is 1. The van der Waals surface area contributed by atoms with Crippen LogP contribution in [0.4, 0.5) is 0 Å². The van der Waals surface area contributed by atoms with E-state index >= 15 is 0 Å². The number of nitrogens with one attached hydrogen (secondary N) is 1. The molecule has 1 amide bonds.